The highest BCUT2D eigenvalue weighted by Gasteiger charge is 2.25. The van der Waals surface area contributed by atoms with E-state index in [1.54, 1.807) is 0 Å². The van der Waals surface area contributed by atoms with Crippen LogP contribution in [0.15, 0.2) is 36.5 Å². The van der Waals surface area contributed by atoms with Crippen molar-refractivity contribution in [3.63, 3.8) is 0 Å². The van der Waals surface area contributed by atoms with Crippen LogP contribution in [0, 0.1) is 0 Å². The number of rotatable bonds is 37. The summed E-state index contributed by atoms with van der Waals surface area (Å²) >= 11 is 0. The van der Waals surface area contributed by atoms with Crippen molar-refractivity contribution >= 4 is 19.8 Å². The van der Waals surface area contributed by atoms with Gasteiger partial charge in [0, 0.05) is 19.4 Å². The maximum absolute atomic E-state index is 12.5. The fraction of sp³-hybridized carbons (Fsp3) is 0.800. The van der Waals surface area contributed by atoms with Gasteiger partial charge < -0.3 is 20.1 Å². The van der Waals surface area contributed by atoms with E-state index in [1.807, 2.05) is 0 Å². The third-order valence-corrected chi connectivity index (χ3v) is 9.26. The van der Waals surface area contributed by atoms with Crippen LogP contribution in [0.5, 0.6) is 0 Å². The van der Waals surface area contributed by atoms with Crippen LogP contribution in [0.4, 0.5) is 0 Å². The molecule has 0 amide bonds. The van der Waals surface area contributed by atoms with Crippen molar-refractivity contribution < 1.29 is 37.6 Å². The fourth-order valence-corrected chi connectivity index (χ4v) is 6.05. The Bertz CT molecular complexity index is 923. The summed E-state index contributed by atoms with van der Waals surface area (Å²) in [5.74, 6) is -0.871. The minimum Gasteiger partial charge on any atom is -0.462 e. The molecule has 0 aliphatic rings. The number of carbonyl (C=O) groups is 2. The van der Waals surface area contributed by atoms with Crippen LogP contribution < -0.4 is 5.73 Å². The van der Waals surface area contributed by atoms with Crippen LogP contribution in [-0.4, -0.2) is 49.3 Å². The third kappa shape index (κ3) is 36.0. The summed E-state index contributed by atoms with van der Waals surface area (Å²) in [6.45, 7) is 3.65. The van der Waals surface area contributed by atoms with E-state index in [-0.39, 0.29) is 32.6 Å². The number of esters is 2. The summed E-state index contributed by atoms with van der Waals surface area (Å²) in [5.41, 5.74) is 5.33. The molecule has 9 nitrogen and oxygen atoms in total. The van der Waals surface area contributed by atoms with Crippen molar-refractivity contribution in [3.8, 4) is 0 Å². The van der Waals surface area contributed by atoms with Gasteiger partial charge in [0.1, 0.15) is 6.61 Å². The molecule has 0 radical (unpaired) electrons. The predicted molar refractivity (Wildman–Crippen MR) is 206 cm³/mol. The minimum absolute atomic E-state index is 0.0487. The standard InChI is InChI=1S/C40H74NO8P/c1-3-5-7-9-11-13-15-17-19-21-22-24-26-28-30-32-39(42)46-36-38(37-48-50(44,45)47-35-34-41)49-40(43)33-31-29-27-25-23-20-18-16-14-12-10-8-6-4-2/h11,13,17,19,22,24,38H,3-10,12,14-16,18,20-21,23,25-37,41H2,1-2H3,(H,44,45)/b13-11-,19-17-,24-22-/t38-/m1/s1. The molecule has 50 heavy (non-hydrogen) atoms. The van der Waals surface area contributed by atoms with Gasteiger partial charge >= 0.3 is 19.8 Å². The summed E-state index contributed by atoms with van der Waals surface area (Å²) in [6.07, 6.45) is 38.9. The molecule has 0 rings (SSSR count). The Hall–Kier alpha value is -1.77. The fourth-order valence-electron chi connectivity index (χ4n) is 5.29. The number of carbonyl (C=O) groups excluding carboxylic acids is 2. The number of phosphoric acid groups is 1. The van der Waals surface area contributed by atoms with Crippen molar-refractivity contribution in [1.29, 1.82) is 0 Å². The Morgan fingerprint density at radius 2 is 1.04 bits per heavy atom. The normalized spacial score (nSPS) is 13.8. The van der Waals surface area contributed by atoms with E-state index in [1.165, 1.54) is 83.5 Å². The van der Waals surface area contributed by atoms with Crippen LogP contribution in [0.1, 0.15) is 174 Å². The predicted octanol–water partition coefficient (Wildman–Crippen LogP) is 11.0. The van der Waals surface area contributed by atoms with Gasteiger partial charge in [-0.25, -0.2) is 4.57 Å². The first-order chi connectivity index (χ1) is 24.3. The van der Waals surface area contributed by atoms with Gasteiger partial charge in [0.25, 0.3) is 0 Å². The molecule has 0 aliphatic heterocycles. The average Bonchev–Trinajstić information content (AvgIpc) is 3.10. The molecule has 292 valence electrons. The highest BCUT2D eigenvalue weighted by atomic mass is 31.2. The summed E-state index contributed by atoms with van der Waals surface area (Å²) < 4.78 is 32.6. The number of hydrogen-bond acceptors (Lipinski definition) is 8. The van der Waals surface area contributed by atoms with Crippen molar-refractivity contribution in [2.75, 3.05) is 26.4 Å². The summed E-state index contributed by atoms with van der Waals surface area (Å²) in [6, 6.07) is 0. The quantitative estimate of drug-likeness (QED) is 0.0277. The van der Waals surface area contributed by atoms with E-state index in [2.05, 4.69) is 50.3 Å². The molecule has 0 fully saturated rings. The molecular weight excluding hydrogens is 653 g/mol. The zero-order chi connectivity index (χ0) is 36.8. The Morgan fingerprint density at radius 1 is 0.600 bits per heavy atom. The van der Waals surface area contributed by atoms with Gasteiger partial charge in [-0.2, -0.15) is 0 Å². The van der Waals surface area contributed by atoms with Gasteiger partial charge in [-0.15, -0.1) is 0 Å². The number of phosphoric ester groups is 1. The smallest absolute Gasteiger partial charge is 0.462 e. The Morgan fingerprint density at radius 3 is 1.58 bits per heavy atom. The molecule has 0 bridgehead atoms. The van der Waals surface area contributed by atoms with Crippen molar-refractivity contribution in [3.05, 3.63) is 36.5 Å². The van der Waals surface area contributed by atoms with Crippen molar-refractivity contribution in [2.24, 2.45) is 5.73 Å². The van der Waals surface area contributed by atoms with Crippen LogP contribution in [0.2, 0.25) is 0 Å². The first kappa shape index (κ1) is 48.2. The number of ether oxygens (including phenoxy) is 2. The van der Waals surface area contributed by atoms with Crippen molar-refractivity contribution in [2.45, 2.75) is 180 Å². The van der Waals surface area contributed by atoms with Gasteiger partial charge in [0.05, 0.1) is 13.2 Å². The second-order valence-electron chi connectivity index (χ2n) is 13.2. The molecule has 0 aromatic heterocycles. The highest BCUT2D eigenvalue weighted by Crippen LogP contribution is 2.43. The molecule has 10 heteroatoms. The molecule has 0 spiro atoms. The molecule has 3 N–H and O–H groups in total. The van der Waals surface area contributed by atoms with E-state index < -0.39 is 32.5 Å². The zero-order valence-corrected chi connectivity index (χ0v) is 32.8. The van der Waals surface area contributed by atoms with Crippen LogP contribution >= 0.6 is 7.82 Å². The van der Waals surface area contributed by atoms with Gasteiger partial charge in [-0.05, 0) is 51.4 Å². The summed E-state index contributed by atoms with van der Waals surface area (Å²) in [7, 11) is -4.38. The SMILES string of the molecule is CCCCC/C=C\C/C=C\C/C=C\CCCCC(=O)OC[C@H](COP(=O)(O)OCCN)OC(=O)CCCCCCCCCCCCCCCC. The summed E-state index contributed by atoms with van der Waals surface area (Å²) in [5, 5.41) is 0. The first-order valence-corrected chi connectivity index (χ1v) is 21.5. The minimum atomic E-state index is -4.38. The Labute approximate surface area is 305 Å². The lowest BCUT2D eigenvalue weighted by molar-refractivity contribution is -0.161. The van der Waals surface area contributed by atoms with Gasteiger partial charge in [-0.1, -0.05) is 147 Å². The lowest BCUT2D eigenvalue weighted by Crippen LogP contribution is -2.29. The van der Waals surface area contributed by atoms with Gasteiger partial charge in [0.2, 0.25) is 0 Å². The maximum Gasteiger partial charge on any atom is 0.472 e. The molecule has 0 aliphatic carbocycles. The largest absolute Gasteiger partial charge is 0.472 e. The molecule has 0 aromatic carbocycles. The number of hydrogen-bond donors (Lipinski definition) is 2. The molecule has 2 atom stereocenters. The molecule has 0 saturated heterocycles. The van der Waals surface area contributed by atoms with Crippen LogP contribution in [0.3, 0.4) is 0 Å². The topological polar surface area (TPSA) is 134 Å². The first-order valence-electron chi connectivity index (χ1n) is 20.0. The van der Waals surface area contributed by atoms with Crippen LogP contribution in [-0.2, 0) is 32.7 Å². The van der Waals surface area contributed by atoms with E-state index in [4.69, 9.17) is 24.3 Å². The number of unbranched alkanes of at least 4 members (excludes halogenated alkanes) is 18. The second-order valence-corrected chi connectivity index (χ2v) is 14.6. The zero-order valence-electron chi connectivity index (χ0n) is 31.9. The molecular formula is C40H74NO8P. The van der Waals surface area contributed by atoms with E-state index >= 15 is 0 Å². The monoisotopic (exact) mass is 728 g/mol. The molecule has 0 aromatic rings. The molecule has 0 heterocycles. The van der Waals surface area contributed by atoms with Gasteiger partial charge in [-0.3, -0.25) is 18.6 Å². The van der Waals surface area contributed by atoms with Crippen molar-refractivity contribution in [1.82, 2.24) is 0 Å². The lowest BCUT2D eigenvalue weighted by Gasteiger charge is -2.19. The van der Waals surface area contributed by atoms with E-state index in [0.717, 1.165) is 51.4 Å². The molecule has 1 unspecified atom stereocenters. The lowest BCUT2D eigenvalue weighted by atomic mass is 10.0. The maximum atomic E-state index is 12.5. The van der Waals surface area contributed by atoms with E-state index in [9.17, 15) is 19.0 Å². The van der Waals surface area contributed by atoms with Gasteiger partial charge in [0.15, 0.2) is 6.10 Å². The van der Waals surface area contributed by atoms with E-state index in [0.29, 0.717) is 12.8 Å². The highest BCUT2D eigenvalue weighted by molar-refractivity contribution is 7.47. The Balaban J connectivity index is 4.26. The average molecular weight is 728 g/mol. The summed E-state index contributed by atoms with van der Waals surface area (Å²) in [4.78, 5) is 34.7. The van der Waals surface area contributed by atoms with Crippen LogP contribution in [0.25, 0.3) is 0 Å². The second kappa shape index (κ2) is 37.0. The molecule has 0 saturated carbocycles. The Kier molecular flexibility index (Phi) is 35.7. The third-order valence-electron chi connectivity index (χ3n) is 8.28. The number of allylic oxidation sites excluding steroid dienone is 6. The number of nitrogens with two attached hydrogens (primary N) is 1.